The molecule has 0 saturated heterocycles. The Morgan fingerprint density at radius 3 is 2.96 bits per heavy atom. The van der Waals surface area contributed by atoms with E-state index >= 15 is 0 Å². The Labute approximate surface area is 158 Å². The van der Waals surface area contributed by atoms with Crippen LogP contribution in [0.25, 0.3) is 10.9 Å². The van der Waals surface area contributed by atoms with Crippen molar-refractivity contribution in [3.8, 4) is 17.4 Å². The highest BCUT2D eigenvalue weighted by Crippen LogP contribution is 2.43. The summed E-state index contributed by atoms with van der Waals surface area (Å²) in [5.74, 6) is 1.43. The van der Waals surface area contributed by atoms with E-state index in [1.165, 1.54) is 5.56 Å². The van der Waals surface area contributed by atoms with E-state index in [1.54, 1.807) is 6.20 Å². The van der Waals surface area contributed by atoms with E-state index in [1.807, 2.05) is 42.5 Å². The van der Waals surface area contributed by atoms with Gasteiger partial charge in [0.1, 0.15) is 5.75 Å². The maximum atomic E-state index is 11.5. The molecule has 4 aromatic rings. The van der Waals surface area contributed by atoms with Crippen molar-refractivity contribution >= 4 is 22.2 Å². The second-order valence-electron chi connectivity index (χ2n) is 6.51. The normalized spacial score (nSPS) is 15.8. The maximum Gasteiger partial charge on any atom is 0.307 e. The van der Waals surface area contributed by atoms with Crippen LogP contribution < -0.4 is 9.61 Å². The monoisotopic (exact) mass is 377 g/mol. The molecule has 0 bridgehead atoms. The van der Waals surface area contributed by atoms with Crippen LogP contribution in [0, 0.1) is 0 Å². The molecule has 5 rings (SSSR count). The van der Waals surface area contributed by atoms with Crippen molar-refractivity contribution in [3.63, 3.8) is 0 Å². The number of hydrogen-bond acceptors (Lipinski definition) is 6. The molecule has 27 heavy (non-hydrogen) atoms. The van der Waals surface area contributed by atoms with Gasteiger partial charge in [0.05, 0.1) is 16.6 Å². The van der Waals surface area contributed by atoms with Crippen LogP contribution in [0.4, 0.5) is 0 Å². The standard InChI is InChI=1S/C20H15N3O3S/c24-19-18(27-20(25)22-19)14-7-5-11-9-12(6-8-13(11)14)26-17-10-21-23-16-4-2-1-3-15(16)17/h1-4,6,8-10,14,24H,5,7H2,(H,22,25). The second-order valence-corrected chi connectivity index (χ2v) is 7.52. The van der Waals surface area contributed by atoms with Gasteiger partial charge in [-0.2, -0.15) is 10.2 Å². The number of hydrogen-bond donors (Lipinski definition) is 2. The smallest absolute Gasteiger partial charge is 0.307 e. The number of rotatable bonds is 3. The van der Waals surface area contributed by atoms with Gasteiger partial charge in [0.2, 0.25) is 5.88 Å². The predicted octanol–water partition coefficient (Wildman–Crippen LogP) is 3.96. The Bertz CT molecular complexity index is 1210. The molecule has 1 unspecified atom stereocenters. The number of benzene rings is 2. The number of aryl methyl sites for hydroxylation is 1. The van der Waals surface area contributed by atoms with Crippen molar-refractivity contribution in [1.82, 2.24) is 15.2 Å². The first-order valence-electron chi connectivity index (χ1n) is 8.62. The molecule has 1 aliphatic carbocycles. The van der Waals surface area contributed by atoms with Crippen molar-refractivity contribution in [2.75, 3.05) is 0 Å². The average Bonchev–Trinajstić information content (AvgIpc) is 3.24. The highest BCUT2D eigenvalue weighted by Gasteiger charge is 2.28. The third-order valence-electron chi connectivity index (χ3n) is 4.90. The Hall–Kier alpha value is -3.19. The van der Waals surface area contributed by atoms with E-state index in [0.717, 1.165) is 46.4 Å². The number of aromatic amines is 1. The number of aromatic hydroxyl groups is 1. The number of thiazole rings is 1. The fourth-order valence-corrected chi connectivity index (χ4v) is 4.57. The fourth-order valence-electron chi connectivity index (χ4n) is 3.69. The van der Waals surface area contributed by atoms with Gasteiger partial charge < -0.3 is 9.84 Å². The van der Waals surface area contributed by atoms with Crippen LogP contribution in [0.2, 0.25) is 0 Å². The van der Waals surface area contributed by atoms with E-state index in [2.05, 4.69) is 15.2 Å². The molecule has 2 heterocycles. The molecule has 0 saturated carbocycles. The summed E-state index contributed by atoms with van der Waals surface area (Å²) in [5, 5.41) is 19.0. The zero-order valence-corrected chi connectivity index (χ0v) is 15.0. The molecule has 7 heteroatoms. The number of H-pyrrole nitrogens is 1. The zero-order chi connectivity index (χ0) is 18.4. The van der Waals surface area contributed by atoms with Gasteiger partial charge in [0.25, 0.3) is 0 Å². The molecule has 134 valence electrons. The average molecular weight is 377 g/mol. The summed E-state index contributed by atoms with van der Waals surface area (Å²) in [4.78, 5) is 14.5. The molecule has 6 nitrogen and oxygen atoms in total. The largest absolute Gasteiger partial charge is 0.494 e. The lowest BCUT2D eigenvalue weighted by atomic mass is 10.00. The fraction of sp³-hybridized carbons (Fsp3) is 0.150. The highest BCUT2D eigenvalue weighted by molar-refractivity contribution is 7.09. The van der Waals surface area contributed by atoms with Crippen molar-refractivity contribution < 1.29 is 9.84 Å². The van der Waals surface area contributed by atoms with Crippen LogP contribution in [-0.4, -0.2) is 20.3 Å². The van der Waals surface area contributed by atoms with Crippen molar-refractivity contribution in [3.05, 3.63) is 74.3 Å². The molecule has 1 atom stereocenters. The summed E-state index contributed by atoms with van der Waals surface area (Å²) in [6.45, 7) is 0. The SMILES string of the molecule is O=c1[nH]c(O)c(C2CCc3cc(Oc4cnnc5ccccc45)ccc32)s1. The Morgan fingerprint density at radius 2 is 2.11 bits per heavy atom. The van der Waals surface area contributed by atoms with E-state index in [0.29, 0.717) is 10.6 Å². The Balaban J connectivity index is 1.48. The topological polar surface area (TPSA) is 88.1 Å². The lowest BCUT2D eigenvalue weighted by Gasteiger charge is -2.12. The number of fused-ring (bicyclic) bond motifs is 2. The molecular weight excluding hydrogens is 362 g/mol. The molecule has 2 aromatic heterocycles. The molecule has 0 spiro atoms. The molecule has 1 aliphatic rings. The summed E-state index contributed by atoms with van der Waals surface area (Å²) >= 11 is 1.08. The number of nitrogens with zero attached hydrogens (tertiary/aromatic N) is 2. The van der Waals surface area contributed by atoms with E-state index < -0.39 is 0 Å². The number of nitrogens with one attached hydrogen (secondary N) is 1. The van der Waals surface area contributed by atoms with Crippen LogP contribution in [0.15, 0.2) is 53.5 Å². The molecule has 2 aromatic carbocycles. The minimum atomic E-state index is -0.229. The maximum absolute atomic E-state index is 11.5. The van der Waals surface area contributed by atoms with Gasteiger partial charge in [-0.3, -0.25) is 9.78 Å². The molecule has 2 N–H and O–H groups in total. The van der Waals surface area contributed by atoms with Crippen LogP contribution in [0.5, 0.6) is 17.4 Å². The summed E-state index contributed by atoms with van der Waals surface area (Å²) < 4.78 is 6.08. The highest BCUT2D eigenvalue weighted by atomic mass is 32.1. The van der Waals surface area contributed by atoms with Gasteiger partial charge in [-0.05, 0) is 48.2 Å². The molecule has 0 aliphatic heterocycles. The van der Waals surface area contributed by atoms with Crippen molar-refractivity contribution in [1.29, 1.82) is 0 Å². The van der Waals surface area contributed by atoms with Crippen LogP contribution in [-0.2, 0) is 6.42 Å². The van der Waals surface area contributed by atoms with Gasteiger partial charge in [-0.15, -0.1) is 0 Å². The second kappa shape index (κ2) is 6.21. The van der Waals surface area contributed by atoms with Gasteiger partial charge in [0, 0.05) is 11.3 Å². The van der Waals surface area contributed by atoms with Gasteiger partial charge in [0.15, 0.2) is 5.75 Å². The van der Waals surface area contributed by atoms with E-state index in [-0.39, 0.29) is 16.7 Å². The quantitative estimate of drug-likeness (QED) is 0.564. The Morgan fingerprint density at radius 1 is 1.22 bits per heavy atom. The molecule has 0 radical (unpaired) electrons. The Kier molecular flexibility index (Phi) is 3.68. The third kappa shape index (κ3) is 2.76. The first kappa shape index (κ1) is 16.0. The minimum absolute atomic E-state index is 0.0162. The summed E-state index contributed by atoms with van der Waals surface area (Å²) in [6, 6.07) is 13.7. The van der Waals surface area contributed by atoms with Crippen LogP contribution in [0.1, 0.15) is 28.3 Å². The zero-order valence-electron chi connectivity index (χ0n) is 14.2. The van der Waals surface area contributed by atoms with Crippen LogP contribution in [0.3, 0.4) is 0 Å². The summed E-state index contributed by atoms with van der Waals surface area (Å²) in [7, 11) is 0. The number of ether oxygens (including phenoxy) is 1. The first-order valence-corrected chi connectivity index (χ1v) is 9.44. The van der Waals surface area contributed by atoms with Crippen LogP contribution >= 0.6 is 11.3 Å². The van der Waals surface area contributed by atoms with E-state index in [4.69, 9.17) is 4.74 Å². The summed E-state index contributed by atoms with van der Waals surface area (Å²) in [6.07, 6.45) is 3.35. The van der Waals surface area contributed by atoms with Crippen molar-refractivity contribution in [2.24, 2.45) is 0 Å². The molecular formula is C20H15N3O3S. The lowest BCUT2D eigenvalue weighted by molar-refractivity contribution is 0.447. The van der Waals surface area contributed by atoms with Crippen molar-refractivity contribution in [2.45, 2.75) is 18.8 Å². The molecule has 0 amide bonds. The summed E-state index contributed by atoms with van der Waals surface area (Å²) in [5.41, 5.74) is 3.09. The number of aromatic nitrogens is 3. The van der Waals surface area contributed by atoms with Gasteiger partial charge in [-0.1, -0.05) is 29.5 Å². The lowest BCUT2D eigenvalue weighted by Crippen LogP contribution is -1.95. The minimum Gasteiger partial charge on any atom is -0.494 e. The predicted molar refractivity (Wildman–Crippen MR) is 103 cm³/mol. The third-order valence-corrected chi connectivity index (χ3v) is 5.89. The van der Waals surface area contributed by atoms with Gasteiger partial charge in [-0.25, -0.2) is 0 Å². The first-order chi connectivity index (χ1) is 13.2. The van der Waals surface area contributed by atoms with Gasteiger partial charge >= 0.3 is 4.87 Å². The molecule has 0 fully saturated rings. The van der Waals surface area contributed by atoms with E-state index in [9.17, 15) is 9.90 Å².